The molecule has 1 atom stereocenters. The lowest BCUT2D eigenvalue weighted by Gasteiger charge is -2.34. The number of carbonyl (C=O) groups excluding carboxylic acids is 2. The van der Waals surface area contributed by atoms with Crippen LogP contribution in [-0.4, -0.2) is 35.8 Å². The Balaban J connectivity index is 1.44. The monoisotopic (exact) mass is 383 g/mol. The standard InChI is InChI=1S/C22H26FN3O2/c1-16(21(27)25-20-9-5-8-19(23)14-20)26-12-10-18(11-13-26)22(28)24-15-17-6-3-2-4-7-17/h2-9,14,16,18H,10-13,15H2,1H3,(H,24,28)(H,25,27)/t16-/m0/s1. The molecule has 2 amide bonds. The number of halogens is 1. The molecule has 5 nitrogen and oxygen atoms in total. The van der Waals surface area contributed by atoms with Gasteiger partial charge in [0.15, 0.2) is 0 Å². The number of nitrogens with zero attached hydrogens (tertiary/aromatic N) is 1. The fourth-order valence-corrected chi connectivity index (χ4v) is 3.46. The van der Waals surface area contributed by atoms with Crippen LogP contribution in [0.25, 0.3) is 0 Å². The molecule has 0 bridgehead atoms. The van der Waals surface area contributed by atoms with Crippen LogP contribution in [0.3, 0.4) is 0 Å². The number of rotatable bonds is 6. The third-order valence-electron chi connectivity index (χ3n) is 5.23. The molecule has 0 spiro atoms. The molecule has 1 fully saturated rings. The van der Waals surface area contributed by atoms with Gasteiger partial charge in [-0.3, -0.25) is 14.5 Å². The van der Waals surface area contributed by atoms with E-state index < -0.39 is 0 Å². The fraction of sp³-hybridized carbons (Fsp3) is 0.364. The van der Waals surface area contributed by atoms with E-state index in [1.54, 1.807) is 12.1 Å². The van der Waals surface area contributed by atoms with Crippen molar-refractivity contribution >= 4 is 17.5 Å². The highest BCUT2D eigenvalue weighted by molar-refractivity contribution is 5.94. The first-order chi connectivity index (χ1) is 13.5. The Hall–Kier alpha value is -2.73. The van der Waals surface area contributed by atoms with Crippen molar-refractivity contribution in [3.8, 4) is 0 Å². The topological polar surface area (TPSA) is 61.4 Å². The smallest absolute Gasteiger partial charge is 0.241 e. The Morgan fingerprint density at radius 1 is 1.11 bits per heavy atom. The molecule has 2 aromatic rings. The van der Waals surface area contributed by atoms with Crippen molar-refractivity contribution in [2.24, 2.45) is 5.92 Å². The van der Waals surface area contributed by atoms with E-state index in [-0.39, 0.29) is 29.6 Å². The first-order valence-electron chi connectivity index (χ1n) is 9.65. The van der Waals surface area contributed by atoms with Crippen LogP contribution in [0.5, 0.6) is 0 Å². The zero-order chi connectivity index (χ0) is 19.9. The molecule has 0 radical (unpaired) electrons. The van der Waals surface area contributed by atoms with Crippen molar-refractivity contribution < 1.29 is 14.0 Å². The number of benzene rings is 2. The second kappa shape index (κ2) is 9.46. The predicted molar refractivity (Wildman–Crippen MR) is 107 cm³/mol. The summed E-state index contributed by atoms with van der Waals surface area (Å²) < 4.78 is 13.3. The van der Waals surface area contributed by atoms with Gasteiger partial charge in [0.1, 0.15) is 5.82 Å². The maximum absolute atomic E-state index is 13.3. The van der Waals surface area contributed by atoms with Crippen LogP contribution in [0.1, 0.15) is 25.3 Å². The van der Waals surface area contributed by atoms with E-state index in [0.29, 0.717) is 25.3 Å². The van der Waals surface area contributed by atoms with E-state index in [2.05, 4.69) is 15.5 Å². The molecule has 1 aliphatic heterocycles. The third-order valence-corrected chi connectivity index (χ3v) is 5.23. The lowest BCUT2D eigenvalue weighted by Crippen LogP contribution is -2.48. The quantitative estimate of drug-likeness (QED) is 0.805. The van der Waals surface area contributed by atoms with Gasteiger partial charge in [-0.2, -0.15) is 0 Å². The second-order valence-electron chi connectivity index (χ2n) is 7.19. The van der Waals surface area contributed by atoms with Crippen LogP contribution in [0.15, 0.2) is 54.6 Å². The van der Waals surface area contributed by atoms with Crippen LogP contribution >= 0.6 is 0 Å². The molecule has 3 rings (SSSR count). The lowest BCUT2D eigenvalue weighted by molar-refractivity contribution is -0.127. The van der Waals surface area contributed by atoms with Gasteiger partial charge in [0.05, 0.1) is 6.04 Å². The largest absolute Gasteiger partial charge is 0.352 e. The van der Waals surface area contributed by atoms with Crippen LogP contribution in [0.4, 0.5) is 10.1 Å². The average Bonchev–Trinajstić information content (AvgIpc) is 2.72. The van der Waals surface area contributed by atoms with Crippen LogP contribution in [-0.2, 0) is 16.1 Å². The van der Waals surface area contributed by atoms with E-state index in [4.69, 9.17) is 0 Å². The molecule has 2 aromatic carbocycles. The minimum absolute atomic E-state index is 0.0292. The molecule has 28 heavy (non-hydrogen) atoms. The number of nitrogens with one attached hydrogen (secondary N) is 2. The molecule has 148 valence electrons. The molecule has 0 unspecified atom stereocenters. The third kappa shape index (κ3) is 5.39. The van der Waals surface area contributed by atoms with Crippen LogP contribution in [0, 0.1) is 11.7 Å². The summed E-state index contributed by atoms with van der Waals surface area (Å²) in [5.74, 6) is -0.510. The zero-order valence-electron chi connectivity index (χ0n) is 16.0. The number of anilines is 1. The van der Waals surface area contributed by atoms with Gasteiger partial charge < -0.3 is 10.6 Å². The molecule has 0 aliphatic carbocycles. The molecule has 1 saturated heterocycles. The summed E-state index contributed by atoms with van der Waals surface area (Å²) in [6.07, 6.45) is 1.44. The Labute approximate surface area is 164 Å². The minimum Gasteiger partial charge on any atom is -0.352 e. The highest BCUT2D eigenvalue weighted by Crippen LogP contribution is 2.20. The summed E-state index contributed by atoms with van der Waals surface area (Å²) >= 11 is 0. The highest BCUT2D eigenvalue weighted by atomic mass is 19.1. The Morgan fingerprint density at radius 3 is 2.50 bits per heavy atom. The van der Waals surface area contributed by atoms with Crippen molar-refractivity contribution in [1.82, 2.24) is 10.2 Å². The molecule has 0 aromatic heterocycles. The summed E-state index contributed by atoms with van der Waals surface area (Å²) in [7, 11) is 0. The van der Waals surface area contributed by atoms with Gasteiger partial charge in [-0.25, -0.2) is 4.39 Å². The maximum atomic E-state index is 13.3. The predicted octanol–water partition coefficient (Wildman–Crippen LogP) is 3.18. The number of hydrogen-bond donors (Lipinski definition) is 2. The van der Waals surface area contributed by atoms with E-state index >= 15 is 0 Å². The van der Waals surface area contributed by atoms with E-state index in [9.17, 15) is 14.0 Å². The van der Waals surface area contributed by atoms with E-state index in [0.717, 1.165) is 18.4 Å². The van der Waals surface area contributed by atoms with E-state index in [1.165, 1.54) is 12.1 Å². The van der Waals surface area contributed by atoms with Gasteiger partial charge in [0.2, 0.25) is 11.8 Å². The van der Waals surface area contributed by atoms with Crippen molar-refractivity contribution in [3.05, 3.63) is 66.0 Å². The number of piperidine rings is 1. The molecule has 1 aliphatic rings. The van der Waals surface area contributed by atoms with Crippen molar-refractivity contribution in [3.63, 3.8) is 0 Å². The van der Waals surface area contributed by atoms with Gasteiger partial charge >= 0.3 is 0 Å². The fourth-order valence-electron chi connectivity index (χ4n) is 3.46. The lowest BCUT2D eigenvalue weighted by atomic mass is 9.94. The molecule has 6 heteroatoms. The summed E-state index contributed by atoms with van der Waals surface area (Å²) in [4.78, 5) is 26.9. The van der Waals surface area contributed by atoms with Gasteiger partial charge in [-0.15, -0.1) is 0 Å². The van der Waals surface area contributed by atoms with Crippen molar-refractivity contribution in [1.29, 1.82) is 0 Å². The Morgan fingerprint density at radius 2 is 1.82 bits per heavy atom. The Bertz CT molecular complexity index is 804. The first kappa shape index (κ1) is 20.0. The molecule has 1 heterocycles. The molecule has 2 N–H and O–H groups in total. The zero-order valence-corrected chi connectivity index (χ0v) is 16.0. The van der Waals surface area contributed by atoms with Crippen LogP contribution < -0.4 is 10.6 Å². The molecule has 0 saturated carbocycles. The maximum Gasteiger partial charge on any atom is 0.241 e. The van der Waals surface area contributed by atoms with Crippen molar-refractivity contribution in [2.45, 2.75) is 32.4 Å². The van der Waals surface area contributed by atoms with Crippen LogP contribution in [0.2, 0.25) is 0 Å². The second-order valence-corrected chi connectivity index (χ2v) is 7.19. The minimum atomic E-state index is -0.382. The van der Waals surface area contributed by atoms with Crippen molar-refractivity contribution in [2.75, 3.05) is 18.4 Å². The first-order valence-corrected chi connectivity index (χ1v) is 9.65. The SMILES string of the molecule is C[C@@H](C(=O)Nc1cccc(F)c1)N1CCC(C(=O)NCc2ccccc2)CC1. The molecular weight excluding hydrogens is 357 g/mol. The van der Waals surface area contributed by atoms with Gasteiger partial charge in [0, 0.05) is 18.2 Å². The summed E-state index contributed by atoms with van der Waals surface area (Å²) in [6.45, 7) is 3.74. The number of carbonyl (C=O) groups is 2. The normalized spacial score (nSPS) is 16.4. The van der Waals surface area contributed by atoms with Gasteiger partial charge in [-0.1, -0.05) is 36.4 Å². The van der Waals surface area contributed by atoms with E-state index in [1.807, 2.05) is 37.3 Å². The van der Waals surface area contributed by atoms with Gasteiger partial charge in [-0.05, 0) is 56.6 Å². The summed E-state index contributed by atoms with van der Waals surface area (Å²) in [6, 6.07) is 15.4. The summed E-state index contributed by atoms with van der Waals surface area (Å²) in [5.41, 5.74) is 1.53. The average molecular weight is 383 g/mol. The number of amides is 2. The Kier molecular flexibility index (Phi) is 6.76. The number of hydrogen-bond acceptors (Lipinski definition) is 3. The van der Waals surface area contributed by atoms with Gasteiger partial charge in [0.25, 0.3) is 0 Å². The highest BCUT2D eigenvalue weighted by Gasteiger charge is 2.29. The number of likely N-dealkylation sites (tertiary alicyclic amines) is 1. The summed E-state index contributed by atoms with van der Waals surface area (Å²) in [5, 5.41) is 5.75. The molecular formula is C22H26FN3O2.